The van der Waals surface area contributed by atoms with Crippen molar-refractivity contribution in [1.29, 1.82) is 0 Å². The number of aromatic nitrogens is 4. The molecule has 4 heterocycles. The van der Waals surface area contributed by atoms with Crippen LogP contribution in [-0.2, 0) is 30.2 Å². The van der Waals surface area contributed by atoms with Gasteiger partial charge in [-0.1, -0.05) is 24.8 Å². The van der Waals surface area contributed by atoms with Crippen LogP contribution in [-0.4, -0.2) is 48.0 Å². The molecule has 1 N–H and O–H groups in total. The lowest BCUT2D eigenvalue weighted by atomic mass is 10.0. The molecule has 3 aromatic rings. The van der Waals surface area contributed by atoms with Crippen molar-refractivity contribution >= 4 is 29.9 Å². The number of fused-ring (bicyclic) bond motifs is 1. The molecule has 0 aliphatic carbocycles. The van der Waals surface area contributed by atoms with Gasteiger partial charge in [-0.25, -0.2) is 4.98 Å². The number of carbonyl (C=O) groups excluding carboxylic acids is 3. The van der Waals surface area contributed by atoms with Crippen LogP contribution < -0.4 is 15.9 Å². The molecule has 0 spiro atoms. The van der Waals surface area contributed by atoms with Crippen LogP contribution in [0, 0.1) is 0 Å². The van der Waals surface area contributed by atoms with Crippen molar-refractivity contribution in [1.82, 2.24) is 29.5 Å². The van der Waals surface area contributed by atoms with Crippen molar-refractivity contribution in [2.75, 3.05) is 0 Å². The van der Waals surface area contributed by atoms with Crippen molar-refractivity contribution < 1.29 is 14.4 Å². The zero-order chi connectivity index (χ0) is 24.9. The first-order valence-electron chi connectivity index (χ1n) is 11.5. The molecule has 1 aromatic carbocycles. The molecule has 1 atom stereocenters. The smallest absolute Gasteiger partial charge is 0.255 e. The maximum atomic E-state index is 13.0. The minimum atomic E-state index is -0.632. The lowest BCUT2D eigenvalue weighted by Gasteiger charge is -2.29. The van der Waals surface area contributed by atoms with Gasteiger partial charge in [-0.15, -0.1) is 0 Å². The number of aryl methyl sites for hydroxylation is 2. The highest BCUT2D eigenvalue weighted by atomic mass is 16.2. The molecule has 5 rings (SSSR count). The number of nitrogens with zero attached hydrogens (tertiary/aromatic N) is 5. The highest BCUT2D eigenvalue weighted by molar-refractivity contribution is 6.05. The average molecular weight is 471 g/mol. The third kappa shape index (κ3) is 3.69. The second kappa shape index (κ2) is 8.50. The minimum absolute atomic E-state index is 0.189. The van der Waals surface area contributed by atoms with E-state index in [0.717, 1.165) is 38.9 Å². The Labute approximate surface area is 202 Å². The fourth-order valence-electron chi connectivity index (χ4n) is 4.87. The molecule has 2 aliphatic heterocycles. The van der Waals surface area contributed by atoms with E-state index in [4.69, 9.17) is 4.98 Å². The highest BCUT2D eigenvalue weighted by Gasteiger charge is 2.39. The molecule has 1 unspecified atom stereocenters. The van der Waals surface area contributed by atoms with Gasteiger partial charge in [0.2, 0.25) is 11.8 Å². The predicted octanol–water partition coefficient (Wildman–Crippen LogP) is 1.02. The summed E-state index contributed by atoms with van der Waals surface area (Å²) in [6.45, 7) is 6.09. The summed E-state index contributed by atoms with van der Waals surface area (Å²) in [4.78, 5) is 43.2. The molecule has 3 amide bonds. The summed E-state index contributed by atoms with van der Waals surface area (Å²) in [5.41, 5.74) is 3.83. The zero-order valence-corrected chi connectivity index (χ0v) is 19.9. The molecule has 1 fully saturated rings. The van der Waals surface area contributed by atoms with Gasteiger partial charge >= 0.3 is 0 Å². The Balaban J connectivity index is 1.49. The standard InChI is InChI=1S/C26H26N6O3/c1-5-7-20-17(6-2)23(29-31(20)4)24-27-19(14-30(24)3)15-8-9-18-16(12-15)13-32(26(18)35)21-10-11-22(33)28-25(21)34/h5-9,12,14,21H,1,10-11,13H2,2-4H3,(H,28,33,34)/b17-6+,20-7+. The Bertz CT molecular complexity index is 1530. The number of hydrogen-bond acceptors (Lipinski definition) is 5. The summed E-state index contributed by atoms with van der Waals surface area (Å²) < 4.78 is 3.75. The number of imidazole rings is 1. The van der Waals surface area contributed by atoms with E-state index in [2.05, 4.69) is 17.0 Å². The molecule has 1 saturated heterocycles. The third-order valence-electron chi connectivity index (χ3n) is 6.60. The first-order valence-corrected chi connectivity index (χ1v) is 11.5. The Morgan fingerprint density at radius 3 is 2.71 bits per heavy atom. The van der Waals surface area contributed by atoms with Gasteiger partial charge in [-0.05, 0) is 37.1 Å². The number of hydrogen-bond donors (Lipinski definition) is 1. The van der Waals surface area contributed by atoms with Crippen molar-refractivity contribution in [3.8, 4) is 22.8 Å². The molecule has 0 bridgehead atoms. The van der Waals surface area contributed by atoms with E-state index in [0.29, 0.717) is 18.5 Å². The summed E-state index contributed by atoms with van der Waals surface area (Å²) in [5, 5.41) is 8.96. The van der Waals surface area contributed by atoms with Gasteiger partial charge in [0.15, 0.2) is 5.82 Å². The Morgan fingerprint density at radius 2 is 2.00 bits per heavy atom. The fraction of sp³-hybridized carbons (Fsp3) is 0.269. The van der Waals surface area contributed by atoms with Crippen LogP contribution in [0.3, 0.4) is 0 Å². The summed E-state index contributed by atoms with van der Waals surface area (Å²) in [7, 11) is 3.82. The number of nitrogens with one attached hydrogen (secondary N) is 1. The lowest BCUT2D eigenvalue weighted by molar-refractivity contribution is -0.136. The Morgan fingerprint density at radius 1 is 1.20 bits per heavy atom. The van der Waals surface area contributed by atoms with Crippen LogP contribution >= 0.6 is 0 Å². The van der Waals surface area contributed by atoms with E-state index < -0.39 is 11.9 Å². The monoisotopic (exact) mass is 470 g/mol. The van der Waals surface area contributed by atoms with Gasteiger partial charge in [-0.2, -0.15) is 5.10 Å². The van der Waals surface area contributed by atoms with Gasteiger partial charge < -0.3 is 9.47 Å². The minimum Gasteiger partial charge on any atom is -0.332 e. The van der Waals surface area contributed by atoms with Crippen LogP contribution in [0.5, 0.6) is 0 Å². The maximum Gasteiger partial charge on any atom is 0.255 e. The second-order valence-electron chi connectivity index (χ2n) is 8.79. The molecular weight excluding hydrogens is 444 g/mol. The summed E-state index contributed by atoms with van der Waals surface area (Å²) >= 11 is 0. The van der Waals surface area contributed by atoms with Crippen LogP contribution in [0.25, 0.3) is 34.9 Å². The Kier molecular flexibility index (Phi) is 5.47. The number of imide groups is 1. The number of carbonyl (C=O) groups is 3. The summed E-state index contributed by atoms with van der Waals surface area (Å²) in [6.07, 6.45) is 8.18. The quantitative estimate of drug-likeness (QED) is 0.574. The largest absolute Gasteiger partial charge is 0.332 e. The topological polar surface area (TPSA) is 102 Å². The summed E-state index contributed by atoms with van der Waals surface area (Å²) in [5.74, 6) is -0.168. The van der Waals surface area contributed by atoms with Gasteiger partial charge in [0.05, 0.1) is 11.0 Å². The van der Waals surface area contributed by atoms with E-state index >= 15 is 0 Å². The fourth-order valence-corrected chi connectivity index (χ4v) is 4.87. The number of allylic oxidation sites excluding steroid dienone is 1. The number of piperidine rings is 1. The molecular formula is C26H26N6O3. The van der Waals surface area contributed by atoms with Gasteiger partial charge in [0.25, 0.3) is 5.91 Å². The molecule has 0 radical (unpaired) electrons. The van der Waals surface area contributed by atoms with Crippen molar-refractivity contribution in [3.05, 3.63) is 58.7 Å². The van der Waals surface area contributed by atoms with E-state index in [9.17, 15) is 14.4 Å². The number of benzene rings is 1. The first kappa shape index (κ1) is 22.5. The van der Waals surface area contributed by atoms with E-state index in [1.165, 1.54) is 0 Å². The van der Waals surface area contributed by atoms with Crippen LogP contribution in [0.1, 0.15) is 35.7 Å². The normalized spacial score (nSPS) is 18.9. The lowest BCUT2D eigenvalue weighted by Crippen LogP contribution is -2.52. The average Bonchev–Trinajstić information content (AvgIpc) is 3.47. The molecule has 35 heavy (non-hydrogen) atoms. The van der Waals surface area contributed by atoms with E-state index in [-0.39, 0.29) is 18.2 Å². The van der Waals surface area contributed by atoms with Crippen LogP contribution in [0.15, 0.2) is 37.1 Å². The molecule has 2 aliphatic rings. The number of rotatable bonds is 4. The van der Waals surface area contributed by atoms with Gasteiger partial charge in [-0.3, -0.25) is 24.4 Å². The molecule has 178 valence electrons. The first-order chi connectivity index (χ1) is 16.8. The van der Waals surface area contributed by atoms with Crippen molar-refractivity contribution in [2.24, 2.45) is 14.1 Å². The van der Waals surface area contributed by atoms with Crippen LogP contribution in [0.2, 0.25) is 0 Å². The Hall–Kier alpha value is -4.27. The summed E-state index contributed by atoms with van der Waals surface area (Å²) in [6, 6.07) is 4.98. The van der Waals surface area contributed by atoms with Crippen molar-refractivity contribution in [3.63, 3.8) is 0 Å². The predicted molar refractivity (Wildman–Crippen MR) is 131 cm³/mol. The maximum absolute atomic E-state index is 13.0. The van der Waals surface area contributed by atoms with E-state index in [1.807, 2.05) is 60.7 Å². The van der Waals surface area contributed by atoms with Gasteiger partial charge in [0.1, 0.15) is 11.7 Å². The van der Waals surface area contributed by atoms with Crippen LogP contribution in [0.4, 0.5) is 0 Å². The van der Waals surface area contributed by atoms with Crippen molar-refractivity contribution in [2.45, 2.75) is 32.4 Å². The second-order valence-corrected chi connectivity index (χ2v) is 8.79. The zero-order valence-electron chi connectivity index (χ0n) is 19.9. The van der Waals surface area contributed by atoms with E-state index in [1.54, 1.807) is 17.0 Å². The van der Waals surface area contributed by atoms with Gasteiger partial charge in [0, 0.05) is 49.6 Å². The molecule has 9 nitrogen and oxygen atoms in total. The number of amides is 3. The highest BCUT2D eigenvalue weighted by Crippen LogP contribution is 2.31. The molecule has 2 aromatic heterocycles. The third-order valence-corrected chi connectivity index (χ3v) is 6.60. The molecule has 0 saturated carbocycles. The SMILES string of the molecule is C=C/C=c1\c(=C/C)c(-c2nc(-c3ccc4c(c3)CN(C3CCC(=O)NC3=O)C4=O)cn2C)nn1C. The molecule has 9 heteroatoms.